The number of aromatic nitrogens is 2. The van der Waals surface area contributed by atoms with E-state index in [9.17, 15) is 9.59 Å². The Labute approximate surface area is 193 Å². The van der Waals surface area contributed by atoms with Crippen molar-refractivity contribution >= 4 is 17.8 Å². The standard InChI is InChI=1S/C25H28N6O2/c1-29(23(32)15-26)18-19-6-5-9-21(14-19)22-16-27-25(28-17-22)31-12-10-30(11-13-31)24(33)20-7-3-2-4-8-20/h2-9,14,16-17H,10-13,15,18,26H2,1H3. The number of carbonyl (C=O) groups excluding carboxylic acids is 2. The minimum Gasteiger partial charge on any atom is -0.340 e. The van der Waals surface area contributed by atoms with Crippen molar-refractivity contribution in [2.75, 3.05) is 44.7 Å². The van der Waals surface area contributed by atoms with Gasteiger partial charge in [0.2, 0.25) is 11.9 Å². The Bertz CT molecular complexity index is 1100. The van der Waals surface area contributed by atoms with Crippen molar-refractivity contribution in [1.82, 2.24) is 19.8 Å². The number of hydrogen-bond acceptors (Lipinski definition) is 6. The van der Waals surface area contributed by atoms with E-state index in [2.05, 4.69) is 14.9 Å². The lowest BCUT2D eigenvalue weighted by molar-refractivity contribution is -0.128. The second kappa shape index (κ2) is 10.2. The maximum atomic E-state index is 12.6. The minimum atomic E-state index is -0.0985. The van der Waals surface area contributed by atoms with Gasteiger partial charge in [-0.2, -0.15) is 0 Å². The van der Waals surface area contributed by atoms with Crippen LogP contribution in [-0.2, 0) is 11.3 Å². The molecule has 3 aromatic rings. The molecular weight excluding hydrogens is 416 g/mol. The summed E-state index contributed by atoms with van der Waals surface area (Å²) in [5.41, 5.74) is 9.07. The van der Waals surface area contributed by atoms with E-state index >= 15 is 0 Å². The van der Waals surface area contributed by atoms with Gasteiger partial charge in [-0.25, -0.2) is 9.97 Å². The molecule has 1 saturated heterocycles. The molecule has 2 aromatic carbocycles. The van der Waals surface area contributed by atoms with Gasteiger partial charge in [0.15, 0.2) is 0 Å². The van der Waals surface area contributed by atoms with Crippen molar-refractivity contribution in [3.63, 3.8) is 0 Å². The molecule has 8 heteroatoms. The molecule has 0 spiro atoms. The van der Waals surface area contributed by atoms with Crippen molar-refractivity contribution in [3.8, 4) is 11.1 Å². The van der Waals surface area contributed by atoms with Crippen molar-refractivity contribution in [2.24, 2.45) is 5.73 Å². The fraction of sp³-hybridized carbons (Fsp3) is 0.280. The van der Waals surface area contributed by atoms with Gasteiger partial charge >= 0.3 is 0 Å². The SMILES string of the molecule is CN(Cc1cccc(-c2cnc(N3CCN(C(=O)c4ccccc4)CC3)nc2)c1)C(=O)CN. The maximum absolute atomic E-state index is 12.6. The highest BCUT2D eigenvalue weighted by atomic mass is 16.2. The van der Waals surface area contributed by atoms with Gasteiger partial charge in [0.05, 0.1) is 6.54 Å². The lowest BCUT2D eigenvalue weighted by atomic mass is 10.1. The van der Waals surface area contributed by atoms with Crippen LogP contribution in [0.5, 0.6) is 0 Å². The molecule has 1 aliphatic rings. The number of benzene rings is 2. The third-order valence-corrected chi connectivity index (χ3v) is 5.79. The summed E-state index contributed by atoms with van der Waals surface area (Å²) in [7, 11) is 1.74. The molecule has 0 bridgehead atoms. The predicted molar refractivity (Wildman–Crippen MR) is 128 cm³/mol. The van der Waals surface area contributed by atoms with Gasteiger partial charge in [-0.05, 0) is 29.3 Å². The molecule has 2 N–H and O–H groups in total. The van der Waals surface area contributed by atoms with Crippen LogP contribution in [0.3, 0.4) is 0 Å². The Morgan fingerprint density at radius 3 is 2.30 bits per heavy atom. The first-order valence-electron chi connectivity index (χ1n) is 11.0. The second-order valence-corrected chi connectivity index (χ2v) is 8.07. The summed E-state index contributed by atoms with van der Waals surface area (Å²) in [6.07, 6.45) is 3.63. The molecule has 1 fully saturated rings. The number of amides is 2. The van der Waals surface area contributed by atoms with E-state index in [0.29, 0.717) is 44.2 Å². The summed E-state index contributed by atoms with van der Waals surface area (Å²) in [5, 5.41) is 0. The number of nitrogens with zero attached hydrogens (tertiary/aromatic N) is 5. The van der Waals surface area contributed by atoms with E-state index in [4.69, 9.17) is 5.73 Å². The highest BCUT2D eigenvalue weighted by Gasteiger charge is 2.23. The number of rotatable bonds is 6. The van der Waals surface area contributed by atoms with Gasteiger partial charge in [-0.1, -0.05) is 36.4 Å². The van der Waals surface area contributed by atoms with Crippen LogP contribution >= 0.6 is 0 Å². The first-order chi connectivity index (χ1) is 16.0. The van der Waals surface area contributed by atoms with Gasteiger partial charge in [0.1, 0.15) is 0 Å². The third-order valence-electron chi connectivity index (χ3n) is 5.79. The number of carbonyl (C=O) groups is 2. The highest BCUT2D eigenvalue weighted by molar-refractivity contribution is 5.94. The quantitative estimate of drug-likeness (QED) is 0.625. The van der Waals surface area contributed by atoms with Gasteiger partial charge in [0.25, 0.3) is 5.91 Å². The maximum Gasteiger partial charge on any atom is 0.253 e. The fourth-order valence-electron chi connectivity index (χ4n) is 3.87. The molecular formula is C25H28N6O2. The average Bonchev–Trinajstić information content (AvgIpc) is 2.88. The number of piperazine rings is 1. The molecule has 1 aliphatic heterocycles. The van der Waals surface area contributed by atoms with Gasteiger partial charge in [-0.3, -0.25) is 9.59 Å². The Hall–Kier alpha value is -3.78. The van der Waals surface area contributed by atoms with Crippen LogP contribution in [0, 0.1) is 0 Å². The lowest BCUT2D eigenvalue weighted by Crippen LogP contribution is -2.49. The molecule has 0 radical (unpaired) electrons. The Balaban J connectivity index is 1.38. The third kappa shape index (κ3) is 5.35. The largest absolute Gasteiger partial charge is 0.340 e. The monoisotopic (exact) mass is 444 g/mol. The van der Waals surface area contributed by atoms with Crippen molar-refractivity contribution in [1.29, 1.82) is 0 Å². The molecule has 0 atom stereocenters. The van der Waals surface area contributed by atoms with E-state index in [0.717, 1.165) is 16.7 Å². The summed E-state index contributed by atoms with van der Waals surface area (Å²) in [5.74, 6) is 0.624. The molecule has 170 valence electrons. The molecule has 0 aliphatic carbocycles. The predicted octanol–water partition coefficient (Wildman–Crippen LogP) is 2.02. The van der Waals surface area contributed by atoms with Gasteiger partial charge in [0, 0.05) is 63.3 Å². The molecule has 4 rings (SSSR count). The summed E-state index contributed by atoms with van der Waals surface area (Å²) < 4.78 is 0. The highest BCUT2D eigenvalue weighted by Crippen LogP contribution is 2.21. The topological polar surface area (TPSA) is 95.7 Å². The van der Waals surface area contributed by atoms with E-state index < -0.39 is 0 Å². The number of likely N-dealkylation sites (N-methyl/N-ethyl adjacent to an activating group) is 1. The number of hydrogen-bond donors (Lipinski definition) is 1. The number of anilines is 1. The second-order valence-electron chi connectivity index (χ2n) is 8.07. The van der Waals surface area contributed by atoms with Crippen LogP contribution in [0.25, 0.3) is 11.1 Å². The van der Waals surface area contributed by atoms with Crippen LogP contribution in [0.1, 0.15) is 15.9 Å². The van der Waals surface area contributed by atoms with Crippen molar-refractivity contribution in [3.05, 3.63) is 78.1 Å². The first kappa shape index (κ1) is 22.4. The Kier molecular flexibility index (Phi) is 6.95. The molecule has 0 unspecified atom stereocenters. The smallest absolute Gasteiger partial charge is 0.253 e. The van der Waals surface area contributed by atoms with Crippen LogP contribution in [0.4, 0.5) is 5.95 Å². The van der Waals surface area contributed by atoms with E-state index in [-0.39, 0.29) is 18.4 Å². The van der Waals surface area contributed by atoms with Crippen molar-refractivity contribution in [2.45, 2.75) is 6.54 Å². The molecule has 1 aromatic heterocycles. The summed E-state index contributed by atoms with van der Waals surface area (Å²) in [4.78, 5) is 39.1. The van der Waals surface area contributed by atoms with E-state index in [1.54, 1.807) is 11.9 Å². The molecule has 2 amide bonds. The van der Waals surface area contributed by atoms with Crippen LogP contribution in [0.2, 0.25) is 0 Å². The zero-order valence-electron chi connectivity index (χ0n) is 18.7. The molecule has 8 nitrogen and oxygen atoms in total. The first-order valence-corrected chi connectivity index (χ1v) is 11.0. The zero-order chi connectivity index (χ0) is 23.2. The normalized spacial score (nSPS) is 13.6. The van der Waals surface area contributed by atoms with Crippen molar-refractivity contribution < 1.29 is 9.59 Å². The molecule has 33 heavy (non-hydrogen) atoms. The summed E-state index contributed by atoms with van der Waals surface area (Å²) in [6.45, 7) is 3.14. The average molecular weight is 445 g/mol. The zero-order valence-corrected chi connectivity index (χ0v) is 18.7. The van der Waals surface area contributed by atoms with Gasteiger partial charge < -0.3 is 20.4 Å². The summed E-state index contributed by atoms with van der Waals surface area (Å²) in [6, 6.07) is 17.3. The minimum absolute atomic E-state index is 0.000167. The van der Waals surface area contributed by atoms with E-state index in [1.807, 2.05) is 71.9 Å². The number of nitrogens with two attached hydrogens (primary N) is 1. The van der Waals surface area contributed by atoms with Crippen LogP contribution < -0.4 is 10.6 Å². The van der Waals surface area contributed by atoms with Gasteiger partial charge in [-0.15, -0.1) is 0 Å². The van der Waals surface area contributed by atoms with Crippen LogP contribution in [-0.4, -0.2) is 71.4 Å². The lowest BCUT2D eigenvalue weighted by Gasteiger charge is -2.34. The molecule has 2 heterocycles. The molecule has 0 saturated carbocycles. The Morgan fingerprint density at radius 2 is 1.64 bits per heavy atom. The fourth-order valence-corrected chi connectivity index (χ4v) is 3.87. The Morgan fingerprint density at radius 1 is 0.939 bits per heavy atom. The van der Waals surface area contributed by atoms with E-state index in [1.165, 1.54) is 0 Å². The summed E-state index contributed by atoms with van der Waals surface area (Å²) >= 11 is 0. The van der Waals surface area contributed by atoms with Crippen LogP contribution in [0.15, 0.2) is 67.0 Å².